The van der Waals surface area contributed by atoms with Gasteiger partial charge in [0.25, 0.3) is 0 Å². The molecule has 2 rings (SSSR count). The smallest absolute Gasteiger partial charge is 0.145 e. The van der Waals surface area contributed by atoms with Crippen molar-refractivity contribution in [1.82, 2.24) is 0 Å². The van der Waals surface area contributed by atoms with Crippen LogP contribution in [0.25, 0.3) is 0 Å². The average molecular weight is 263 g/mol. The fourth-order valence-electron chi connectivity index (χ4n) is 1.76. The molecule has 0 spiro atoms. The van der Waals surface area contributed by atoms with E-state index in [0.29, 0.717) is 24.6 Å². The van der Waals surface area contributed by atoms with Crippen LogP contribution in [0.5, 0.6) is 5.75 Å². The molecule has 0 saturated carbocycles. The minimum Gasteiger partial charge on any atom is -0.492 e. The Hall–Kier alpha value is -2.10. The van der Waals surface area contributed by atoms with Gasteiger partial charge in [0.05, 0.1) is 12.3 Å². The van der Waals surface area contributed by atoms with Crippen LogP contribution in [-0.4, -0.2) is 6.61 Å². The molecule has 0 bridgehead atoms. The second kappa shape index (κ2) is 6.18. The number of halogens is 2. The fraction of sp³-hybridized carbons (Fsp3) is 0.200. The normalized spacial score (nSPS) is 10.3. The maximum absolute atomic E-state index is 13.1. The first kappa shape index (κ1) is 13.3. The van der Waals surface area contributed by atoms with Crippen LogP contribution in [0.2, 0.25) is 0 Å². The maximum atomic E-state index is 13.1. The van der Waals surface area contributed by atoms with Crippen molar-refractivity contribution in [3.8, 4) is 5.75 Å². The lowest BCUT2D eigenvalue weighted by Gasteiger charge is -2.12. The summed E-state index contributed by atoms with van der Waals surface area (Å²) >= 11 is 0. The van der Waals surface area contributed by atoms with Crippen LogP contribution in [0, 0.1) is 11.6 Å². The molecule has 0 heterocycles. The van der Waals surface area contributed by atoms with Crippen LogP contribution in [0.1, 0.15) is 12.5 Å². The summed E-state index contributed by atoms with van der Waals surface area (Å²) in [6.45, 7) is 2.74. The Labute approximate surface area is 111 Å². The molecule has 0 amide bonds. The first-order chi connectivity index (χ1) is 9.19. The first-order valence-electron chi connectivity index (χ1n) is 6.09. The van der Waals surface area contributed by atoms with Crippen LogP contribution in [0.4, 0.5) is 14.5 Å². The molecule has 0 atom stereocenters. The molecule has 0 aliphatic heterocycles. The highest BCUT2D eigenvalue weighted by molar-refractivity contribution is 5.56. The number of rotatable bonds is 5. The molecule has 0 unspecified atom stereocenters. The minimum atomic E-state index is -0.347. The van der Waals surface area contributed by atoms with E-state index < -0.39 is 0 Å². The number of hydrogen-bond donors (Lipinski definition) is 1. The van der Waals surface area contributed by atoms with Crippen LogP contribution >= 0.6 is 0 Å². The summed E-state index contributed by atoms with van der Waals surface area (Å²) in [6, 6.07) is 10.6. The Bertz CT molecular complexity index is 558. The van der Waals surface area contributed by atoms with Gasteiger partial charge in [0.15, 0.2) is 0 Å². The number of anilines is 1. The monoisotopic (exact) mass is 263 g/mol. The summed E-state index contributed by atoms with van der Waals surface area (Å²) in [5.74, 6) is -0.165. The van der Waals surface area contributed by atoms with E-state index in [1.54, 1.807) is 12.1 Å². The molecule has 0 radical (unpaired) electrons. The van der Waals surface area contributed by atoms with E-state index in [1.807, 2.05) is 13.0 Å². The zero-order valence-corrected chi connectivity index (χ0v) is 10.6. The van der Waals surface area contributed by atoms with E-state index in [1.165, 1.54) is 24.3 Å². The lowest BCUT2D eigenvalue weighted by molar-refractivity contribution is 0.340. The number of benzene rings is 2. The predicted octanol–water partition coefficient (Wildman–Crippen LogP) is 3.98. The number of nitrogens with one attached hydrogen (secondary N) is 1. The summed E-state index contributed by atoms with van der Waals surface area (Å²) in [4.78, 5) is 0. The van der Waals surface area contributed by atoms with Gasteiger partial charge in [-0.25, -0.2) is 8.78 Å². The SMILES string of the molecule is CCOc1cc(F)ccc1NCc1cccc(F)c1. The van der Waals surface area contributed by atoms with Gasteiger partial charge < -0.3 is 10.1 Å². The van der Waals surface area contributed by atoms with E-state index in [2.05, 4.69) is 5.32 Å². The highest BCUT2D eigenvalue weighted by Gasteiger charge is 2.05. The Kier molecular flexibility index (Phi) is 4.34. The van der Waals surface area contributed by atoms with Gasteiger partial charge in [-0.15, -0.1) is 0 Å². The predicted molar refractivity (Wildman–Crippen MR) is 71.3 cm³/mol. The first-order valence-corrected chi connectivity index (χ1v) is 6.09. The van der Waals surface area contributed by atoms with Crippen molar-refractivity contribution in [2.24, 2.45) is 0 Å². The van der Waals surface area contributed by atoms with Crippen molar-refractivity contribution in [2.45, 2.75) is 13.5 Å². The third kappa shape index (κ3) is 3.68. The number of hydrogen-bond acceptors (Lipinski definition) is 2. The van der Waals surface area contributed by atoms with Crippen molar-refractivity contribution in [2.75, 3.05) is 11.9 Å². The Morgan fingerprint density at radius 2 is 1.84 bits per heavy atom. The standard InChI is InChI=1S/C15H15F2NO/c1-2-19-15-9-13(17)6-7-14(15)18-10-11-4-3-5-12(16)8-11/h3-9,18H,2,10H2,1H3. The van der Waals surface area contributed by atoms with Crippen LogP contribution in [0.15, 0.2) is 42.5 Å². The molecule has 1 N–H and O–H groups in total. The Morgan fingerprint density at radius 3 is 2.58 bits per heavy atom. The summed E-state index contributed by atoms with van der Waals surface area (Å²) in [5, 5.41) is 3.11. The van der Waals surface area contributed by atoms with Crippen molar-refractivity contribution >= 4 is 5.69 Å². The zero-order valence-electron chi connectivity index (χ0n) is 10.6. The maximum Gasteiger partial charge on any atom is 0.145 e. The largest absolute Gasteiger partial charge is 0.492 e. The fourth-order valence-corrected chi connectivity index (χ4v) is 1.76. The quantitative estimate of drug-likeness (QED) is 0.881. The van der Waals surface area contributed by atoms with E-state index in [9.17, 15) is 8.78 Å². The lowest BCUT2D eigenvalue weighted by Crippen LogP contribution is -2.03. The summed E-state index contributed by atoms with van der Waals surface area (Å²) in [6.07, 6.45) is 0. The molecular weight excluding hydrogens is 248 g/mol. The molecule has 0 fully saturated rings. The molecule has 100 valence electrons. The molecule has 19 heavy (non-hydrogen) atoms. The van der Waals surface area contributed by atoms with Crippen molar-refractivity contribution in [1.29, 1.82) is 0 Å². The molecular formula is C15H15F2NO. The third-order valence-corrected chi connectivity index (χ3v) is 2.62. The van der Waals surface area contributed by atoms with Crippen molar-refractivity contribution in [3.63, 3.8) is 0 Å². The molecule has 2 aromatic carbocycles. The summed E-state index contributed by atoms with van der Waals surface area (Å²) in [7, 11) is 0. The van der Waals surface area contributed by atoms with Gasteiger partial charge in [0.1, 0.15) is 17.4 Å². The van der Waals surface area contributed by atoms with E-state index in [4.69, 9.17) is 4.74 Å². The average Bonchev–Trinajstić information content (AvgIpc) is 2.38. The lowest BCUT2D eigenvalue weighted by atomic mass is 10.2. The Balaban J connectivity index is 2.10. The molecule has 0 aliphatic carbocycles. The number of ether oxygens (including phenoxy) is 1. The molecule has 4 heteroatoms. The van der Waals surface area contributed by atoms with Crippen LogP contribution < -0.4 is 10.1 Å². The van der Waals surface area contributed by atoms with Crippen molar-refractivity contribution in [3.05, 3.63) is 59.7 Å². The molecule has 0 aromatic heterocycles. The third-order valence-electron chi connectivity index (χ3n) is 2.62. The van der Waals surface area contributed by atoms with Gasteiger partial charge in [-0.1, -0.05) is 12.1 Å². The van der Waals surface area contributed by atoms with Gasteiger partial charge in [-0.05, 0) is 36.8 Å². The zero-order chi connectivity index (χ0) is 13.7. The Morgan fingerprint density at radius 1 is 1.05 bits per heavy atom. The highest BCUT2D eigenvalue weighted by Crippen LogP contribution is 2.26. The molecule has 2 aromatic rings. The van der Waals surface area contributed by atoms with Gasteiger partial charge >= 0.3 is 0 Å². The van der Waals surface area contributed by atoms with E-state index in [0.717, 1.165) is 5.56 Å². The minimum absolute atomic E-state index is 0.275. The van der Waals surface area contributed by atoms with Crippen LogP contribution in [0.3, 0.4) is 0 Å². The van der Waals surface area contributed by atoms with Gasteiger partial charge in [0, 0.05) is 12.6 Å². The van der Waals surface area contributed by atoms with Crippen molar-refractivity contribution < 1.29 is 13.5 Å². The second-order valence-electron chi connectivity index (χ2n) is 4.06. The molecule has 0 aliphatic rings. The molecule has 0 saturated heterocycles. The second-order valence-corrected chi connectivity index (χ2v) is 4.06. The van der Waals surface area contributed by atoms with E-state index in [-0.39, 0.29) is 11.6 Å². The highest BCUT2D eigenvalue weighted by atomic mass is 19.1. The van der Waals surface area contributed by atoms with E-state index >= 15 is 0 Å². The topological polar surface area (TPSA) is 21.3 Å². The van der Waals surface area contributed by atoms with Gasteiger partial charge in [-0.2, -0.15) is 0 Å². The summed E-state index contributed by atoms with van der Waals surface area (Å²) in [5.41, 5.74) is 1.50. The van der Waals surface area contributed by atoms with Gasteiger partial charge in [-0.3, -0.25) is 0 Å². The molecule has 2 nitrogen and oxygen atoms in total. The summed E-state index contributed by atoms with van der Waals surface area (Å²) < 4.78 is 31.5. The van der Waals surface area contributed by atoms with Crippen LogP contribution in [-0.2, 0) is 6.54 Å². The van der Waals surface area contributed by atoms with Gasteiger partial charge in [0.2, 0.25) is 0 Å².